The van der Waals surface area contributed by atoms with Gasteiger partial charge < -0.3 is 20.1 Å². The zero-order valence-electron chi connectivity index (χ0n) is 12.7. The van der Waals surface area contributed by atoms with E-state index in [4.69, 9.17) is 9.47 Å². The number of carbonyl (C=O) groups is 1. The maximum absolute atomic E-state index is 11.9. The van der Waals surface area contributed by atoms with Gasteiger partial charge in [0.2, 0.25) is 0 Å². The first kappa shape index (κ1) is 15.6. The molecule has 3 rings (SSSR count). The Hall–Kier alpha value is -2.34. The number of urea groups is 1. The van der Waals surface area contributed by atoms with Crippen LogP contribution in [0.15, 0.2) is 53.4 Å². The Morgan fingerprint density at radius 1 is 1.17 bits per heavy atom. The van der Waals surface area contributed by atoms with E-state index in [1.54, 1.807) is 11.8 Å². The van der Waals surface area contributed by atoms with Gasteiger partial charge in [0.1, 0.15) is 6.61 Å². The van der Waals surface area contributed by atoms with E-state index in [0.717, 1.165) is 16.3 Å². The van der Waals surface area contributed by atoms with Gasteiger partial charge in [0, 0.05) is 10.6 Å². The number of amides is 2. The number of fused-ring (bicyclic) bond motifs is 1. The second-order valence-corrected chi connectivity index (χ2v) is 5.94. The molecule has 2 aromatic carbocycles. The summed E-state index contributed by atoms with van der Waals surface area (Å²) in [5, 5.41) is 5.60. The van der Waals surface area contributed by atoms with Crippen LogP contribution in [0.1, 0.15) is 0 Å². The number of nitrogens with one attached hydrogen (secondary N) is 2. The van der Waals surface area contributed by atoms with Crippen LogP contribution in [-0.2, 0) is 0 Å². The van der Waals surface area contributed by atoms with Crippen LogP contribution in [0.2, 0.25) is 0 Å². The lowest BCUT2D eigenvalue weighted by Crippen LogP contribution is -2.42. The molecule has 2 aromatic rings. The molecule has 5 nitrogen and oxygen atoms in total. The molecule has 1 aliphatic rings. The molecule has 0 bridgehead atoms. The lowest BCUT2D eigenvalue weighted by Gasteiger charge is -2.26. The van der Waals surface area contributed by atoms with Crippen molar-refractivity contribution in [1.82, 2.24) is 5.32 Å². The highest BCUT2D eigenvalue weighted by atomic mass is 32.2. The molecule has 2 amide bonds. The molecule has 0 radical (unpaired) electrons. The van der Waals surface area contributed by atoms with Crippen molar-refractivity contribution in [3.05, 3.63) is 48.5 Å². The molecule has 1 atom stereocenters. The van der Waals surface area contributed by atoms with Gasteiger partial charge in [-0.05, 0) is 42.7 Å². The van der Waals surface area contributed by atoms with E-state index >= 15 is 0 Å². The highest BCUT2D eigenvalue weighted by Crippen LogP contribution is 2.30. The molecule has 2 N–H and O–H groups in total. The number of para-hydroxylation sites is 2. The normalized spacial score (nSPS) is 15.8. The second-order valence-electron chi connectivity index (χ2n) is 5.06. The van der Waals surface area contributed by atoms with Crippen LogP contribution in [0.5, 0.6) is 11.5 Å². The van der Waals surface area contributed by atoms with Crippen LogP contribution < -0.4 is 20.1 Å². The van der Waals surface area contributed by atoms with Crippen molar-refractivity contribution in [2.45, 2.75) is 11.0 Å². The van der Waals surface area contributed by atoms with Gasteiger partial charge in [0.25, 0.3) is 0 Å². The third kappa shape index (κ3) is 4.10. The van der Waals surface area contributed by atoms with Crippen LogP contribution >= 0.6 is 11.8 Å². The van der Waals surface area contributed by atoms with Gasteiger partial charge in [-0.1, -0.05) is 12.1 Å². The minimum Gasteiger partial charge on any atom is -0.486 e. The predicted octanol–water partition coefficient (Wildman–Crippen LogP) is 3.37. The van der Waals surface area contributed by atoms with Crippen molar-refractivity contribution in [2.24, 2.45) is 0 Å². The first-order valence-corrected chi connectivity index (χ1v) is 8.54. The van der Waals surface area contributed by atoms with E-state index in [2.05, 4.69) is 10.6 Å². The summed E-state index contributed by atoms with van der Waals surface area (Å²) in [6.45, 7) is 0.794. The third-order valence-corrected chi connectivity index (χ3v) is 4.15. The third-order valence-electron chi connectivity index (χ3n) is 3.41. The maximum Gasteiger partial charge on any atom is 0.319 e. The Bertz CT molecular complexity index is 676. The summed E-state index contributed by atoms with van der Waals surface area (Å²) < 4.78 is 11.4. The molecule has 0 aromatic heterocycles. The number of rotatable bonds is 4. The van der Waals surface area contributed by atoms with Gasteiger partial charge in [-0.2, -0.15) is 0 Å². The zero-order chi connectivity index (χ0) is 16.1. The average molecular weight is 330 g/mol. The summed E-state index contributed by atoms with van der Waals surface area (Å²) in [5.41, 5.74) is 0.756. The fourth-order valence-electron chi connectivity index (χ4n) is 2.22. The summed E-state index contributed by atoms with van der Waals surface area (Å²) in [5.74, 6) is 1.45. The number of benzene rings is 2. The van der Waals surface area contributed by atoms with Crippen LogP contribution in [0.4, 0.5) is 10.5 Å². The number of carbonyl (C=O) groups excluding carboxylic acids is 1. The SMILES string of the molecule is CSc1ccc(NC(=O)NC[C@H]2COc3ccccc3O2)cc1. The van der Waals surface area contributed by atoms with Crippen molar-refractivity contribution >= 4 is 23.5 Å². The highest BCUT2D eigenvalue weighted by Gasteiger charge is 2.20. The largest absolute Gasteiger partial charge is 0.486 e. The molecule has 1 heterocycles. The molecule has 120 valence electrons. The van der Waals surface area contributed by atoms with Gasteiger partial charge in [-0.15, -0.1) is 11.8 Å². The number of ether oxygens (including phenoxy) is 2. The first-order valence-electron chi connectivity index (χ1n) is 7.32. The van der Waals surface area contributed by atoms with Crippen LogP contribution in [0.25, 0.3) is 0 Å². The maximum atomic E-state index is 11.9. The fourth-order valence-corrected chi connectivity index (χ4v) is 2.63. The molecule has 0 unspecified atom stereocenters. The second kappa shape index (κ2) is 7.28. The molecule has 0 aliphatic carbocycles. The first-order chi connectivity index (χ1) is 11.2. The monoisotopic (exact) mass is 330 g/mol. The molecule has 23 heavy (non-hydrogen) atoms. The lowest BCUT2D eigenvalue weighted by atomic mass is 10.2. The van der Waals surface area contributed by atoms with E-state index in [1.807, 2.05) is 54.8 Å². The summed E-state index contributed by atoms with van der Waals surface area (Å²) in [7, 11) is 0. The summed E-state index contributed by atoms with van der Waals surface area (Å²) in [4.78, 5) is 13.1. The van der Waals surface area contributed by atoms with Crippen molar-refractivity contribution in [2.75, 3.05) is 24.7 Å². The zero-order valence-corrected chi connectivity index (χ0v) is 13.6. The van der Waals surface area contributed by atoms with Crippen LogP contribution in [0.3, 0.4) is 0 Å². The predicted molar refractivity (Wildman–Crippen MR) is 91.6 cm³/mol. The fraction of sp³-hybridized carbons (Fsp3) is 0.235. The summed E-state index contributed by atoms with van der Waals surface area (Å²) in [6.07, 6.45) is 1.81. The molecule has 0 saturated heterocycles. The molecule has 0 saturated carbocycles. The standard InChI is InChI=1S/C17H18N2O3S/c1-23-14-8-6-12(7-9-14)19-17(20)18-10-13-11-21-15-4-2-3-5-16(15)22-13/h2-9,13H,10-11H2,1H3,(H2,18,19,20)/t13-/m0/s1. The minimum absolute atomic E-state index is 0.200. The average Bonchev–Trinajstić information content (AvgIpc) is 2.60. The smallest absolute Gasteiger partial charge is 0.319 e. The van der Waals surface area contributed by atoms with Gasteiger partial charge >= 0.3 is 6.03 Å². The van der Waals surface area contributed by atoms with Gasteiger partial charge in [0.15, 0.2) is 17.6 Å². The molecule has 0 spiro atoms. The Kier molecular flexibility index (Phi) is 4.92. The Labute approximate surface area is 139 Å². The van der Waals surface area contributed by atoms with Gasteiger partial charge in [-0.3, -0.25) is 0 Å². The summed E-state index contributed by atoms with van der Waals surface area (Å²) in [6, 6.07) is 14.9. The molecular weight excluding hydrogens is 312 g/mol. The van der Waals surface area contributed by atoms with E-state index in [0.29, 0.717) is 18.9 Å². The van der Waals surface area contributed by atoms with Gasteiger partial charge in [0.05, 0.1) is 6.54 Å². The molecular formula is C17H18N2O3S. The van der Waals surface area contributed by atoms with Crippen LogP contribution in [0, 0.1) is 0 Å². The van der Waals surface area contributed by atoms with Crippen molar-refractivity contribution in [1.29, 1.82) is 0 Å². The molecule has 0 fully saturated rings. The van der Waals surface area contributed by atoms with E-state index in [9.17, 15) is 4.79 Å². The number of hydrogen-bond donors (Lipinski definition) is 2. The topological polar surface area (TPSA) is 59.6 Å². The minimum atomic E-state index is -0.260. The Morgan fingerprint density at radius 3 is 2.65 bits per heavy atom. The molecule has 6 heteroatoms. The number of anilines is 1. The Balaban J connectivity index is 1.47. The number of thioether (sulfide) groups is 1. The van der Waals surface area contributed by atoms with E-state index < -0.39 is 0 Å². The quantitative estimate of drug-likeness (QED) is 0.844. The van der Waals surface area contributed by atoms with E-state index in [-0.39, 0.29) is 12.1 Å². The van der Waals surface area contributed by atoms with E-state index in [1.165, 1.54) is 0 Å². The highest BCUT2D eigenvalue weighted by molar-refractivity contribution is 7.98. The van der Waals surface area contributed by atoms with Crippen molar-refractivity contribution in [3.8, 4) is 11.5 Å². The molecule has 1 aliphatic heterocycles. The van der Waals surface area contributed by atoms with Crippen molar-refractivity contribution in [3.63, 3.8) is 0 Å². The van der Waals surface area contributed by atoms with Gasteiger partial charge in [-0.25, -0.2) is 4.79 Å². The Morgan fingerprint density at radius 2 is 1.91 bits per heavy atom. The van der Waals surface area contributed by atoms with Crippen LogP contribution in [-0.4, -0.2) is 31.5 Å². The summed E-state index contributed by atoms with van der Waals surface area (Å²) >= 11 is 1.66. The number of hydrogen-bond acceptors (Lipinski definition) is 4. The lowest BCUT2D eigenvalue weighted by molar-refractivity contribution is 0.0922. The van der Waals surface area contributed by atoms with Crippen molar-refractivity contribution < 1.29 is 14.3 Å².